The molecule has 14 heteroatoms. The van der Waals surface area contributed by atoms with E-state index in [0.29, 0.717) is 30.5 Å². The van der Waals surface area contributed by atoms with E-state index in [1.807, 2.05) is 0 Å². The number of rotatable bonds is 17. The summed E-state index contributed by atoms with van der Waals surface area (Å²) in [7, 11) is 0. The first-order valence-electron chi connectivity index (χ1n) is 13.3. The SMILES string of the molecule is NCCCCC(NC(=O)C(Cc1ccc(O)cc1)NC(=O)C(CC(N)=O)NC(=O)C(N)Cc1ccc(O)cc1)C(=O)O. The average molecular weight is 587 g/mol. The van der Waals surface area contributed by atoms with Crippen molar-refractivity contribution in [2.45, 2.75) is 62.7 Å². The predicted octanol–water partition coefficient (Wildman–Crippen LogP) is -1.25. The molecule has 4 atom stereocenters. The average Bonchev–Trinajstić information content (AvgIpc) is 2.93. The Morgan fingerprint density at radius 2 is 1.17 bits per heavy atom. The normalized spacial score (nSPS) is 13.7. The van der Waals surface area contributed by atoms with Gasteiger partial charge in [0.2, 0.25) is 23.6 Å². The van der Waals surface area contributed by atoms with E-state index in [4.69, 9.17) is 17.2 Å². The van der Waals surface area contributed by atoms with Crippen molar-refractivity contribution in [2.75, 3.05) is 6.54 Å². The number of carboxylic acids is 1. The molecule has 2 aromatic rings. The summed E-state index contributed by atoms with van der Waals surface area (Å²) in [6.45, 7) is 0.353. The third-order valence-corrected chi connectivity index (χ3v) is 6.34. The van der Waals surface area contributed by atoms with Crippen LogP contribution < -0.4 is 33.2 Å². The van der Waals surface area contributed by atoms with E-state index < -0.39 is 60.2 Å². The molecule has 14 nitrogen and oxygen atoms in total. The summed E-state index contributed by atoms with van der Waals surface area (Å²) in [5.74, 6) is -4.68. The first kappa shape index (κ1) is 33.5. The van der Waals surface area contributed by atoms with Crippen LogP contribution in [0.15, 0.2) is 48.5 Å². The fourth-order valence-corrected chi connectivity index (χ4v) is 4.04. The Bertz CT molecular complexity index is 1220. The van der Waals surface area contributed by atoms with Gasteiger partial charge in [-0.3, -0.25) is 19.2 Å². The van der Waals surface area contributed by atoms with E-state index in [2.05, 4.69) is 16.0 Å². The van der Waals surface area contributed by atoms with Gasteiger partial charge in [0.05, 0.1) is 12.5 Å². The molecule has 12 N–H and O–H groups in total. The van der Waals surface area contributed by atoms with Gasteiger partial charge in [-0.1, -0.05) is 24.3 Å². The highest BCUT2D eigenvalue weighted by atomic mass is 16.4. The molecule has 4 unspecified atom stereocenters. The standard InChI is InChI=1S/C28H38N6O8/c29-12-2-1-3-21(28(41)42)32-26(39)22(14-17-6-10-19(36)11-7-17)34-27(40)23(15-24(31)37)33-25(38)20(30)13-16-4-8-18(35)9-5-16/h4-11,20-23,35-36H,1-3,12-15,29-30H2,(H2,31,37)(H,32,39)(H,33,38)(H,34,40)(H,41,42). The second kappa shape index (κ2) is 16.5. The van der Waals surface area contributed by atoms with Gasteiger partial charge in [-0.2, -0.15) is 0 Å². The molecule has 4 amide bonds. The fraction of sp³-hybridized carbons (Fsp3) is 0.393. The molecular weight excluding hydrogens is 548 g/mol. The maximum atomic E-state index is 13.3. The van der Waals surface area contributed by atoms with Crippen molar-refractivity contribution in [1.29, 1.82) is 0 Å². The number of aliphatic carboxylic acids is 1. The van der Waals surface area contributed by atoms with Crippen LogP contribution in [-0.2, 0) is 36.8 Å². The van der Waals surface area contributed by atoms with E-state index in [0.717, 1.165) is 0 Å². The third-order valence-electron chi connectivity index (χ3n) is 6.34. The summed E-state index contributed by atoms with van der Waals surface area (Å²) in [5, 5.41) is 35.9. The van der Waals surface area contributed by atoms with Crippen molar-refractivity contribution in [2.24, 2.45) is 17.2 Å². The molecule has 2 aromatic carbocycles. The summed E-state index contributed by atoms with van der Waals surface area (Å²) in [5.41, 5.74) is 17.9. The Morgan fingerprint density at radius 3 is 1.67 bits per heavy atom. The monoisotopic (exact) mass is 586 g/mol. The highest BCUT2D eigenvalue weighted by molar-refractivity contribution is 5.96. The van der Waals surface area contributed by atoms with Gasteiger partial charge in [-0.25, -0.2) is 4.79 Å². The number of primary amides is 1. The van der Waals surface area contributed by atoms with Crippen molar-refractivity contribution < 1.29 is 39.3 Å². The lowest BCUT2D eigenvalue weighted by molar-refractivity contribution is -0.142. The molecule has 0 saturated carbocycles. The van der Waals surface area contributed by atoms with Crippen molar-refractivity contribution >= 4 is 29.6 Å². The smallest absolute Gasteiger partial charge is 0.326 e. The van der Waals surface area contributed by atoms with Crippen LogP contribution in [0.5, 0.6) is 11.5 Å². The molecule has 0 heterocycles. The van der Waals surface area contributed by atoms with Gasteiger partial charge in [0.15, 0.2) is 0 Å². The molecule has 2 rings (SSSR count). The molecule has 0 aromatic heterocycles. The van der Waals surface area contributed by atoms with Crippen molar-refractivity contribution in [1.82, 2.24) is 16.0 Å². The highest BCUT2D eigenvalue weighted by Crippen LogP contribution is 2.13. The number of phenols is 2. The van der Waals surface area contributed by atoms with Crippen LogP contribution in [0.1, 0.15) is 36.8 Å². The van der Waals surface area contributed by atoms with Crippen LogP contribution in [0.3, 0.4) is 0 Å². The second-order valence-electron chi connectivity index (χ2n) is 9.82. The van der Waals surface area contributed by atoms with Gasteiger partial charge in [-0.05, 0) is 67.6 Å². The molecule has 0 fully saturated rings. The lowest BCUT2D eigenvalue weighted by Gasteiger charge is -2.25. The summed E-state index contributed by atoms with van der Waals surface area (Å²) in [6, 6.07) is 6.60. The van der Waals surface area contributed by atoms with Gasteiger partial charge >= 0.3 is 5.97 Å². The van der Waals surface area contributed by atoms with E-state index in [1.54, 1.807) is 12.1 Å². The molecule has 228 valence electrons. The zero-order valence-corrected chi connectivity index (χ0v) is 23.0. The summed E-state index contributed by atoms with van der Waals surface area (Å²) >= 11 is 0. The summed E-state index contributed by atoms with van der Waals surface area (Å²) in [6.07, 6.45) is 0.454. The number of unbranched alkanes of at least 4 members (excludes halogenated alkanes) is 1. The Morgan fingerprint density at radius 1 is 0.690 bits per heavy atom. The van der Waals surface area contributed by atoms with Gasteiger partial charge in [0.1, 0.15) is 29.6 Å². The van der Waals surface area contributed by atoms with Crippen molar-refractivity contribution in [3.05, 3.63) is 59.7 Å². The lowest BCUT2D eigenvalue weighted by Crippen LogP contribution is -2.58. The largest absolute Gasteiger partial charge is 0.508 e. The number of phenolic OH excluding ortho intramolecular Hbond substituents is 2. The fourth-order valence-electron chi connectivity index (χ4n) is 4.04. The zero-order valence-electron chi connectivity index (χ0n) is 23.0. The predicted molar refractivity (Wildman–Crippen MR) is 152 cm³/mol. The van der Waals surface area contributed by atoms with Crippen molar-refractivity contribution in [3.8, 4) is 11.5 Å². The highest BCUT2D eigenvalue weighted by Gasteiger charge is 2.31. The molecule has 0 radical (unpaired) electrons. The minimum absolute atomic E-state index is 0.0255. The first-order valence-corrected chi connectivity index (χ1v) is 13.3. The molecule has 0 spiro atoms. The first-order chi connectivity index (χ1) is 19.9. The van der Waals surface area contributed by atoms with E-state index in [-0.39, 0.29) is 30.8 Å². The van der Waals surface area contributed by atoms with E-state index in [1.165, 1.54) is 36.4 Å². The molecular formula is C28H38N6O8. The Hall–Kier alpha value is -4.69. The Balaban J connectivity index is 2.21. The quantitative estimate of drug-likeness (QED) is 0.0995. The maximum Gasteiger partial charge on any atom is 0.326 e. The van der Waals surface area contributed by atoms with Gasteiger partial charge in [-0.15, -0.1) is 0 Å². The number of carbonyl (C=O) groups is 5. The lowest BCUT2D eigenvalue weighted by atomic mass is 10.0. The minimum Gasteiger partial charge on any atom is -0.508 e. The van der Waals surface area contributed by atoms with Gasteiger partial charge < -0.3 is 48.5 Å². The summed E-state index contributed by atoms with van der Waals surface area (Å²) < 4.78 is 0. The topological polar surface area (TPSA) is 260 Å². The molecule has 0 bridgehead atoms. The number of hydrogen-bond donors (Lipinski definition) is 9. The number of hydrogen-bond acceptors (Lipinski definition) is 9. The molecule has 0 aliphatic rings. The Kier molecular flexibility index (Phi) is 13.2. The van der Waals surface area contributed by atoms with Crippen LogP contribution in [-0.4, -0.2) is 75.6 Å². The Labute approximate surface area is 242 Å². The van der Waals surface area contributed by atoms with Gasteiger partial charge in [0, 0.05) is 6.42 Å². The number of carboxylic acid groups (broad SMARTS) is 1. The zero-order chi connectivity index (χ0) is 31.2. The third kappa shape index (κ3) is 11.4. The van der Waals surface area contributed by atoms with Crippen LogP contribution >= 0.6 is 0 Å². The van der Waals surface area contributed by atoms with Crippen LogP contribution in [0.25, 0.3) is 0 Å². The number of carbonyl (C=O) groups excluding carboxylic acids is 4. The van der Waals surface area contributed by atoms with E-state index in [9.17, 15) is 39.3 Å². The number of nitrogens with one attached hydrogen (secondary N) is 3. The molecule has 0 aliphatic heterocycles. The van der Waals surface area contributed by atoms with Crippen LogP contribution in [0, 0.1) is 0 Å². The van der Waals surface area contributed by atoms with Crippen molar-refractivity contribution in [3.63, 3.8) is 0 Å². The molecule has 0 aliphatic carbocycles. The number of nitrogens with two attached hydrogens (primary N) is 3. The second-order valence-corrected chi connectivity index (χ2v) is 9.82. The number of amides is 4. The minimum atomic E-state index is -1.49. The van der Waals surface area contributed by atoms with E-state index >= 15 is 0 Å². The number of aromatic hydroxyl groups is 2. The van der Waals surface area contributed by atoms with Crippen LogP contribution in [0.2, 0.25) is 0 Å². The summed E-state index contributed by atoms with van der Waals surface area (Å²) in [4.78, 5) is 62.8. The van der Waals surface area contributed by atoms with Crippen LogP contribution in [0.4, 0.5) is 0 Å². The maximum absolute atomic E-state index is 13.3. The molecule has 0 saturated heterocycles. The molecule has 42 heavy (non-hydrogen) atoms. The van der Waals surface area contributed by atoms with Gasteiger partial charge in [0.25, 0.3) is 0 Å². The number of benzene rings is 2.